The van der Waals surface area contributed by atoms with Gasteiger partial charge in [0.25, 0.3) is 11.8 Å². The van der Waals surface area contributed by atoms with Crippen LogP contribution in [-0.2, 0) is 17.6 Å². The van der Waals surface area contributed by atoms with Crippen molar-refractivity contribution in [2.75, 3.05) is 10.6 Å². The van der Waals surface area contributed by atoms with Gasteiger partial charge in [-0.25, -0.2) is 4.68 Å². The standard InChI is InChI=1S/C23H22N4O3/c1-13-6-9-16(10-7-13)27-19-5-3-4-17(19)21(26-27)23(29)24-15-8-11-20-18(12-15)25-22(28)14(2)30-20/h6-12,14H,3-5H2,1-2H3,(H,24,29)(H,25,28). The molecule has 0 radical (unpaired) electrons. The molecule has 0 saturated carbocycles. The molecule has 1 atom stereocenters. The topological polar surface area (TPSA) is 85.3 Å². The molecule has 3 aromatic rings. The number of benzene rings is 2. The largest absolute Gasteiger partial charge is 0.479 e. The minimum Gasteiger partial charge on any atom is -0.479 e. The summed E-state index contributed by atoms with van der Waals surface area (Å²) in [6.45, 7) is 3.74. The zero-order valence-corrected chi connectivity index (χ0v) is 16.9. The van der Waals surface area contributed by atoms with Gasteiger partial charge in [-0.3, -0.25) is 9.59 Å². The van der Waals surface area contributed by atoms with Crippen LogP contribution in [0.5, 0.6) is 5.75 Å². The zero-order valence-electron chi connectivity index (χ0n) is 16.9. The van der Waals surface area contributed by atoms with Crippen LogP contribution in [0.4, 0.5) is 11.4 Å². The SMILES string of the molecule is Cc1ccc(-n2nc(C(=O)Nc3ccc4c(c3)NC(=O)C(C)O4)c3c2CCC3)cc1. The second-order valence-corrected chi connectivity index (χ2v) is 7.79. The molecule has 0 saturated heterocycles. The average Bonchev–Trinajstić information content (AvgIpc) is 3.32. The highest BCUT2D eigenvalue weighted by Gasteiger charge is 2.28. The van der Waals surface area contributed by atoms with Crippen LogP contribution in [0, 0.1) is 6.92 Å². The molecule has 0 spiro atoms. The third-order valence-corrected chi connectivity index (χ3v) is 5.59. The Balaban J connectivity index is 1.44. The Kier molecular flexibility index (Phi) is 4.31. The van der Waals surface area contributed by atoms with Crippen molar-refractivity contribution in [2.24, 2.45) is 0 Å². The lowest BCUT2D eigenvalue weighted by atomic mass is 10.1. The Morgan fingerprint density at radius 1 is 1.20 bits per heavy atom. The van der Waals surface area contributed by atoms with E-state index in [1.807, 2.05) is 35.9 Å². The quantitative estimate of drug-likeness (QED) is 0.700. The van der Waals surface area contributed by atoms with E-state index >= 15 is 0 Å². The van der Waals surface area contributed by atoms with E-state index < -0.39 is 6.10 Å². The van der Waals surface area contributed by atoms with Gasteiger partial charge in [-0.05, 0) is 63.4 Å². The smallest absolute Gasteiger partial charge is 0.276 e. The van der Waals surface area contributed by atoms with E-state index in [0.717, 1.165) is 36.2 Å². The minimum atomic E-state index is -0.536. The summed E-state index contributed by atoms with van der Waals surface area (Å²) in [4.78, 5) is 24.9. The number of fused-ring (bicyclic) bond motifs is 2. The third-order valence-electron chi connectivity index (χ3n) is 5.59. The van der Waals surface area contributed by atoms with Crippen molar-refractivity contribution in [3.63, 3.8) is 0 Å². The predicted octanol–water partition coefficient (Wildman–Crippen LogP) is 3.64. The van der Waals surface area contributed by atoms with E-state index in [0.29, 0.717) is 22.8 Å². The highest BCUT2D eigenvalue weighted by Crippen LogP contribution is 2.33. The Bertz CT molecular complexity index is 1160. The molecule has 0 bridgehead atoms. The number of aromatic nitrogens is 2. The number of carbonyl (C=O) groups is 2. The van der Waals surface area contributed by atoms with E-state index in [9.17, 15) is 9.59 Å². The van der Waals surface area contributed by atoms with E-state index in [1.165, 1.54) is 5.56 Å². The summed E-state index contributed by atoms with van der Waals surface area (Å²) in [7, 11) is 0. The van der Waals surface area contributed by atoms with Crippen LogP contribution in [0.15, 0.2) is 42.5 Å². The highest BCUT2D eigenvalue weighted by atomic mass is 16.5. The molecule has 7 nitrogen and oxygen atoms in total. The van der Waals surface area contributed by atoms with Gasteiger partial charge >= 0.3 is 0 Å². The minimum absolute atomic E-state index is 0.208. The maximum Gasteiger partial charge on any atom is 0.276 e. The van der Waals surface area contributed by atoms with Crippen molar-refractivity contribution in [3.8, 4) is 11.4 Å². The lowest BCUT2D eigenvalue weighted by Gasteiger charge is -2.23. The monoisotopic (exact) mass is 402 g/mol. The molecule has 2 N–H and O–H groups in total. The molecular weight excluding hydrogens is 380 g/mol. The number of ether oxygens (including phenoxy) is 1. The van der Waals surface area contributed by atoms with Crippen molar-refractivity contribution < 1.29 is 14.3 Å². The summed E-state index contributed by atoms with van der Waals surface area (Å²) in [6.07, 6.45) is 2.23. The number of hydrogen-bond donors (Lipinski definition) is 2. The molecule has 1 aliphatic carbocycles. The lowest BCUT2D eigenvalue weighted by Crippen LogP contribution is -2.34. The molecule has 2 aliphatic rings. The molecule has 152 valence electrons. The van der Waals surface area contributed by atoms with Gasteiger partial charge in [-0.15, -0.1) is 0 Å². The molecule has 1 unspecified atom stereocenters. The summed E-state index contributed by atoms with van der Waals surface area (Å²) in [5.41, 5.74) is 5.83. The number of aryl methyl sites for hydroxylation is 1. The van der Waals surface area contributed by atoms with Crippen molar-refractivity contribution >= 4 is 23.2 Å². The highest BCUT2D eigenvalue weighted by molar-refractivity contribution is 6.05. The van der Waals surface area contributed by atoms with Gasteiger partial charge in [0.05, 0.1) is 11.4 Å². The Morgan fingerprint density at radius 2 is 2.00 bits per heavy atom. The van der Waals surface area contributed by atoms with Crippen LogP contribution in [0.2, 0.25) is 0 Å². The summed E-state index contributed by atoms with van der Waals surface area (Å²) in [5.74, 6) is 0.126. The van der Waals surface area contributed by atoms with Gasteiger partial charge < -0.3 is 15.4 Å². The molecule has 30 heavy (non-hydrogen) atoms. The Morgan fingerprint density at radius 3 is 2.80 bits per heavy atom. The van der Waals surface area contributed by atoms with Gasteiger partial charge in [-0.1, -0.05) is 17.7 Å². The second-order valence-electron chi connectivity index (χ2n) is 7.79. The van der Waals surface area contributed by atoms with Crippen LogP contribution in [0.25, 0.3) is 5.69 Å². The van der Waals surface area contributed by atoms with Crippen LogP contribution in [-0.4, -0.2) is 27.7 Å². The van der Waals surface area contributed by atoms with Crippen molar-refractivity contribution in [3.05, 3.63) is 65.0 Å². The van der Waals surface area contributed by atoms with Crippen molar-refractivity contribution in [1.82, 2.24) is 9.78 Å². The average molecular weight is 402 g/mol. The van der Waals surface area contributed by atoms with Gasteiger partial charge in [0.15, 0.2) is 11.8 Å². The number of nitrogens with one attached hydrogen (secondary N) is 2. The molecule has 2 aromatic carbocycles. The number of hydrogen-bond acceptors (Lipinski definition) is 4. The number of amides is 2. The fourth-order valence-corrected chi connectivity index (χ4v) is 4.00. The fourth-order valence-electron chi connectivity index (χ4n) is 4.00. The maximum atomic E-state index is 13.1. The summed E-state index contributed by atoms with van der Waals surface area (Å²) < 4.78 is 7.46. The van der Waals surface area contributed by atoms with Gasteiger partial charge in [-0.2, -0.15) is 5.10 Å². The normalized spacial score (nSPS) is 17.0. The first kappa shape index (κ1) is 18.4. The number of rotatable bonds is 3. The number of carbonyl (C=O) groups excluding carboxylic acids is 2. The van der Waals surface area contributed by atoms with E-state index in [4.69, 9.17) is 4.74 Å². The van der Waals surface area contributed by atoms with Gasteiger partial charge in [0, 0.05) is 16.9 Å². The van der Waals surface area contributed by atoms with E-state index in [2.05, 4.69) is 15.7 Å². The fraction of sp³-hybridized carbons (Fsp3) is 0.261. The molecule has 2 amide bonds. The number of nitrogens with zero attached hydrogens (tertiary/aromatic N) is 2. The first-order valence-electron chi connectivity index (χ1n) is 10.1. The first-order valence-corrected chi connectivity index (χ1v) is 10.1. The molecule has 1 aromatic heterocycles. The molecule has 0 fully saturated rings. The Labute approximate surface area is 174 Å². The van der Waals surface area contributed by atoms with Gasteiger partial charge in [0.2, 0.25) is 0 Å². The van der Waals surface area contributed by atoms with Crippen molar-refractivity contribution in [2.45, 2.75) is 39.2 Å². The molecule has 5 rings (SSSR count). The second kappa shape index (κ2) is 7.02. The zero-order chi connectivity index (χ0) is 20.8. The molecular formula is C23H22N4O3. The summed E-state index contributed by atoms with van der Waals surface area (Å²) >= 11 is 0. The van der Waals surface area contributed by atoms with Crippen LogP contribution in [0.1, 0.15) is 40.7 Å². The van der Waals surface area contributed by atoms with Gasteiger partial charge in [0.1, 0.15) is 5.75 Å². The molecule has 7 heteroatoms. The third kappa shape index (κ3) is 3.12. The van der Waals surface area contributed by atoms with Crippen molar-refractivity contribution in [1.29, 1.82) is 0 Å². The summed E-state index contributed by atoms with van der Waals surface area (Å²) in [5, 5.41) is 10.4. The Hall–Kier alpha value is -3.61. The maximum absolute atomic E-state index is 13.1. The summed E-state index contributed by atoms with van der Waals surface area (Å²) in [6, 6.07) is 13.3. The first-order chi connectivity index (χ1) is 14.5. The van der Waals surface area contributed by atoms with Crippen LogP contribution >= 0.6 is 0 Å². The lowest BCUT2D eigenvalue weighted by molar-refractivity contribution is -0.122. The predicted molar refractivity (Wildman–Crippen MR) is 113 cm³/mol. The molecule has 2 heterocycles. The van der Waals surface area contributed by atoms with Crippen LogP contribution in [0.3, 0.4) is 0 Å². The van der Waals surface area contributed by atoms with E-state index in [1.54, 1.807) is 25.1 Å². The van der Waals surface area contributed by atoms with Crippen LogP contribution < -0.4 is 15.4 Å². The number of anilines is 2. The molecule has 1 aliphatic heterocycles. The van der Waals surface area contributed by atoms with E-state index in [-0.39, 0.29) is 11.8 Å².